The van der Waals surface area contributed by atoms with Gasteiger partial charge in [-0.2, -0.15) is 0 Å². The fourth-order valence-electron chi connectivity index (χ4n) is 3.93. The first-order chi connectivity index (χ1) is 19.7. The molecule has 0 aliphatic heterocycles. The van der Waals surface area contributed by atoms with Crippen LogP contribution in [0.3, 0.4) is 0 Å². The van der Waals surface area contributed by atoms with Crippen molar-refractivity contribution in [3.8, 4) is 5.75 Å². The van der Waals surface area contributed by atoms with Crippen molar-refractivity contribution in [3.05, 3.63) is 122 Å². The lowest BCUT2D eigenvalue weighted by atomic mass is 10.0. The minimum Gasteiger partial charge on any atom is -0.505 e. The van der Waals surface area contributed by atoms with Gasteiger partial charge in [-0.1, -0.05) is 52.5 Å². The molecule has 0 radical (unpaired) electrons. The number of rotatable bonds is 6. The highest BCUT2D eigenvalue weighted by Gasteiger charge is 2.20. The molecule has 11 heteroatoms. The van der Waals surface area contributed by atoms with Gasteiger partial charge in [0.2, 0.25) is 0 Å². The lowest BCUT2D eigenvalue weighted by Gasteiger charge is -2.13. The first-order valence-electron chi connectivity index (χ1n) is 12.0. The molecule has 0 aromatic heterocycles. The summed E-state index contributed by atoms with van der Waals surface area (Å²) in [6.45, 7) is 0. The van der Waals surface area contributed by atoms with Gasteiger partial charge in [-0.25, -0.2) is 0 Å². The molecule has 0 heterocycles. The maximum Gasteiger partial charge on any atom is 0.259 e. The number of nitrogens with zero attached hydrogens (tertiary/aromatic N) is 2. The molecular weight excluding hydrogens is 606 g/mol. The molecule has 41 heavy (non-hydrogen) atoms. The minimum atomic E-state index is -0.611. The second kappa shape index (κ2) is 12.2. The summed E-state index contributed by atoms with van der Waals surface area (Å²) >= 11 is 24.2. The third kappa shape index (κ3) is 6.61. The lowest BCUT2D eigenvalue weighted by molar-refractivity contribution is 0.101. The third-order valence-corrected chi connectivity index (χ3v) is 7.02. The van der Waals surface area contributed by atoms with Gasteiger partial charge in [0.15, 0.2) is 5.75 Å². The molecule has 0 saturated heterocycles. The Bertz CT molecular complexity index is 1830. The van der Waals surface area contributed by atoms with E-state index in [9.17, 15) is 14.7 Å². The summed E-state index contributed by atoms with van der Waals surface area (Å²) in [5.41, 5.74) is 1.51. The number of phenolic OH excluding ortho intramolecular Hbond substituents is 1. The van der Waals surface area contributed by atoms with E-state index in [0.717, 1.165) is 0 Å². The van der Waals surface area contributed by atoms with E-state index in [0.29, 0.717) is 47.8 Å². The molecule has 0 bridgehead atoms. The topological polar surface area (TPSA) is 103 Å². The number of hydrogen-bond donors (Lipinski definition) is 3. The normalized spacial score (nSPS) is 11.1. The largest absolute Gasteiger partial charge is 0.505 e. The molecule has 0 unspecified atom stereocenters. The molecule has 0 aliphatic rings. The zero-order valence-corrected chi connectivity index (χ0v) is 23.9. The smallest absolute Gasteiger partial charge is 0.259 e. The summed E-state index contributed by atoms with van der Waals surface area (Å²) in [7, 11) is 0. The minimum absolute atomic E-state index is 0.00413. The summed E-state index contributed by atoms with van der Waals surface area (Å²) in [5, 5.41) is 27.8. The van der Waals surface area contributed by atoms with Crippen molar-refractivity contribution < 1.29 is 14.7 Å². The number of halogens is 4. The number of anilines is 2. The van der Waals surface area contributed by atoms with Crippen LogP contribution in [-0.4, -0.2) is 16.9 Å². The Balaban J connectivity index is 1.58. The molecule has 2 amide bonds. The van der Waals surface area contributed by atoms with Crippen LogP contribution in [0.2, 0.25) is 20.1 Å². The average molecular weight is 624 g/mol. The van der Waals surface area contributed by atoms with Crippen LogP contribution in [0, 0.1) is 0 Å². The molecule has 0 spiro atoms. The van der Waals surface area contributed by atoms with Crippen molar-refractivity contribution in [1.82, 2.24) is 0 Å². The van der Waals surface area contributed by atoms with Gasteiger partial charge in [0.05, 0.1) is 10.6 Å². The number of hydrogen-bond acceptors (Lipinski definition) is 5. The number of nitrogens with one attached hydrogen (secondary N) is 2. The molecule has 3 N–H and O–H groups in total. The molecule has 5 aromatic carbocycles. The van der Waals surface area contributed by atoms with Crippen molar-refractivity contribution in [1.29, 1.82) is 0 Å². The van der Waals surface area contributed by atoms with Crippen LogP contribution >= 0.6 is 46.4 Å². The van der Waals surface area contributed by atoms with E-state index in [1.165, 1.54) is 12.1 Å². The number of carbonyl (C=O) groups is 2. The molecule has 5 aromatic rings. The fraction of sp³-hybridized carbons (Fsp3) is 0. The third-order valence-electron chi connectivity index (χ3n) is 5.96. The number of fused-ring (bicyclic) bond motifs is 1. The summed E-state index contributed by atoms with van der Waals surface area (Å²) in [6, 6.07) is 24.1. The molecular formula is C30H18Cl4N4O3. The lowest BCUT2D eigenvalue weighted by Crippen LogP contribution is -2.13. The van der Waals surface area contributed by atoms with Gasteiger partial charge in [0, 0.05) is 37.4 Å². The predicted octanol–water partition coefficient (Wildman–Crippen LogP) is 10.1. The number of amides is 2. The van der Waals surface area contributed by atoms with Crippen LogP contribution < -0.4 is 10.6 Å². The number of phenols is 1. The SMILES string of the molecule is O=C(Nc1ccc(Cl)cc1)c1ccc2c(/N=N/c3cc(Cl)ccc3Cl)c(O)c(C(=O)Nc3ccc(Cl)cc3)cc2c1. The van der Waals surface area contributed by atoms with Gasteiger partial charge >= 0.3 is 0 Å². The van der Waals surface area contributed by atoms with Crippen LogP contribution in [0.5, 0.6) is 5.75 Å². The van der Waals surface area contributed by atoms with Crippen LogP contribution in [-0.2, 0) is 0 Å². The van der Waals surface area contributed by atoms with Gasteiger partial charge in [0.25, 0.3) is 11.8 Å². The Labute approximate surface area is 254 Å². The molecule has 204 valence electrons. The predicted molar refractivity (Wildman–Crippen MR) is 165 cm³/mol. The Morgan fingerprint density at radius 1 is 0.634 bits per heavy atom. The molecule has 0 fully saturated rings. The molecule has 0 aliphatic carbocycles. The van der Waals surface area contributed by atoms with Gasteiger partial charge in [-0.15, -0.1) is 10.2 Å². The number of azo groups is 1. The van der Waals surface area contributed by atoms with Crippen molar-refractivity contribution in [2.45, 2.75) is 0 Å². The monoisotopic (exact) mass is 622 g/mol. The van der Waals surface area contributed by atoms with E-state index >= 15 is 0 Å². The van der Waals surface area contributed by atoms with Crippen molar-refractivity contribution in [3.63, 3.8) is 0 Å². The molecule has 0 saturated carbocycles. The second-order valence-electron chi connectivity index (χ2n) is 8.78. The standard InChI is InChI=1S/C30H18Cl4N4O3/c31-18-2-7-21(8-3-18)35-29(40)16-1-11-23-17(13-16)14-24(30(41)36-22-9-4-19(32)5-10-22)28(39)27(23)38-37-26-15-20(33)6-12-25(26)34/h1-15,39H,(H,35,40)(H,36,41)/b38-37+. The van der Waals surface area contributed by atoms with E-state index in [2.05, 4.69) is 20.9 Å². The van der Waals surface area contributed by atoms with Crippen LogP contribution in [0.15, 0.2) is 101 Å². The average Bonchev–Trinajstić information content (AvgIpc) is 2.96. The Morgan fingerprint density at radius 2 is 1.22 bits per heavy atom. The number of carbonyl (C=O) groups excluding carboxylic acids is 2. The van der Waals surface area contributed by atoms with Gasteiger partial charge in [-0.3, -0.25) is 9.59 Å². The highest BCUT2D eigenvalue weighted by Crippen LogP contribution is 2.41. The zero-order chi connectivity index (χ0) is 29.1. The van der Waals surface area contributed by atoms with Gasteiger partial charge < -0.3 is 15.7 Å². The van der Waals surface area contributed by atoms with E-state index in [1.807, 2.05) is 0 Å². The highest BCUT2D eigenvalue weighted by molar-refractivity contribution is 6.35. The maximum atomic E-state index is 13.3. The Kier molecular flexibility index (Phi) is 8.42. The van der Waals surface area contributed by atoms with Gasteiger partial charge in [-0.05, 0) is 90.3 Å². The van der Waals surface area contributed by atoms with E-state index in [-0.39, 0.29) is 22.8 Å². The van der Waals surface area contributed by atoms with Crippen molar-refractivity contribution in [2.24, 2.45) is 10.2 Å². The molecule has 7 nitrogen and oxygen atoms in total. The zero-order valence-electron chi connectivity index (χ0n) is 20.8. The quantitative estimate of drug-likeness (QED) is 0.164. The second-order valence-corrected chi connectivity index (χ2v) is 10.5. The summed E-state index contributed by atoms with van der Waals surface area (Å²) in [6.07, 6.45) is 0. The first kappa shape index (κ1) is 28.4. The summed E-state index contributed by atoms with van der Waals surface area (Å²) < 4.78 is 0. The van der Waals surface area contributed by atoms with Crippen LogP contribution in [0.25, 0.3) is 10.8 Å². The van der Waals surface area contributed by atoms with Crippen LogP contribution in [0.1, 0.15) is 20.7 Å². The van der Waals surface area contributed by atoms with E-state index in [4.69, 9.17) is 46.4 Å². The van der Waals surface area contributed by atoms with Gasteiger partial charge in [0.1, 0.15) is 11.4 Å². The number of benzene rings is 5. The van der Waals surface area contributed by atoms with E-state index in [1.54, 1.807) is 78.9 Å². The highest BCUT2D eigenvalue weighted by atomic mass is 35.5. The molecule has 5 rings (SSSR count). The Morgan fingerprint density at radius 3 is 1.85 bits per heavy atom. The van der Waals surface area contributed by atoms with E-state index < -0.39 is 11.7 Å². The van der Waals surface area contributed by atoms with Crippen molar-refractivity contribution >= 4 is 91.7 Å². The number of aromatic hydroxyl groups is 1. The first-order valence-corrected chi connectivity index (χ1v) is 13.5. The maximum absolute atomic E-state index is 13.3. The summed E-state index contributed by atoms with van der Waals surface area (Å²) in [5.74, 6) is -1.41. The fourth-order valence-corrected chi connectivity index (χ4v) is 4.50. The summed E-state index contributed by atoms with van der Waals surface area (Å²) in [4.78, 5) is 26.3. The van der Waals surface area contributed by atoms with Crippen molar-refractivity contribution in [2.75, 3.05) is 10.6 Å². The Hall–Kier alpha value is -4.14. The van der Waals surface area contributed by atoms with Crippen LogP contribution in [0.4, 0.5) is 22.7 Å². The molecule has 0 atom stereocenters.